The van der Waals surface area contributed by atoms with E-state index in [0.717, 1.165) is 44.1 Å². The van der Waals surface area contributed by atoms with Crippen LogP contribution < -0.4 is 10.1 Å². The Bertz CT molecular complexity index is 1420. The first-order valence-corrected chi connectivity index (χ1v) is 12.5. The maximum atomic E-state index is 14.3. The Morgan fingerprint density at radius 1 is 1.14 bits per heavy atom. The molecule has 5 rings (SSSR count). The molecular formula is C26H26BrFN6O2. The van der Waals surface area contributed by atoms with Crippen molar-refractivity contribution in [2.45, 2.75) is 6.92 Å². The first-order chi connectivity index (χ1) is 17.5. The Morgan fingerprint density at radius 3 is 2.64 bits per heavy atom. The molecule has 1 saturated heterocycles. The fourth-order valence-electron chi connectivity index (χ4n) is 4.39. The number of nitrogens with one attached hydrogen (secondary N) is 1. The van der Waals surface area contributed by atoms with Crippen LogP contribution in [0.25, 0.3) is 16.9 Å². The normalized spacial score (nSPS) is 14.3. The summed E-state index contributed by atoms with van der Waals surface area (Å²) in [5.41, 5.74) is 3.37. The van der Waals surface area contributed by atoms with Gasteiger partial charge in [-0.3, -0.25) is 9.20 Å². The first kappa shape index (κ1) is 24.2. The van der Waals surface area contributed by atoms with Crippen molar-refractivity contribution in [3.63, 3.8) is 0 Å². The summed E-state index contributed by atoms with van der Waals surface area (Å²) in [6.45, 7) is 6.38. The van der Waals surface area contributed by atoms with E-state index >= 15 is 0 Å². The molecule has 0 saturated carbocycles. The van der Waals surface area contributed by atoms with Gasteiger partial charge in [0.1, 0.15) is 0 Å². The standard InChI is InChI=1S/C26H26BrFN6O2/c1-3-32-10-12-33(13-11-32)26(35)19-6-5-18(15-20(19)27)31-24-25-30-16-22(34(25)9-8-29-24)17-4-7-23(36-2)21(28)14-17/h4-9,14-16H,3,10-13H2,1-2H3,(H,29,31). The van der Waals surface area contributed by atoms with E-state index in [2.05, 4.69) is 43.0 Å². The number of ether oxygens (including phenoxy) is 1. The van der Waals surface area contributed by atoms with Crippen LogP contribution in [0.2, 0.25) is 0 Å². The molecule has 186 valence electrons. The third kappa shape index (κ3) is 4.66. The van der Waals surface area contributed by atoms with Crippen molar-refractivity contribution in [1.29, 1.82) is 0 Å². The van der Waals surface area contributed by atoms with E-state index in [4.69, 9.17) is 4.74 Å². The third-order valence-corrected chi connectivity index (χ3v) is 7.10. The van der Waals surface area contributed by atoms with Gasteiger partial charge in [-0.15, -0.1) is 0 Å². The average Bonchev–Trinajstić information content (AvgIpc) is 3.34. The molecule has 3 heterocycles. The van der Waals surface area contributed by atoms with Crippen LogP contribution in [-0.4, -0.2) is 69.9 Å². The molecule has 0 bridgehead atoms. The van der Waals surface area contributed by atoms with Gasteiger partial charge in [0.25, 0.3) is 5.91 Å². The third-order valence-electron chi connectivity index (χ3n) is 6.44. The summed E-state index contributed by atoms with van der Waals surface area (Å²) in [6.07, 6.45) is 5.11. The van der Waals surface area contributed by atoms with E-state index < -0.39 is 5.82 Å². The molecule has 0 atom stereocenters. The lowest BCUT2D eigenvalue weighted by Gasteiger charge is -2.34. The second kappa shape index (κ2) is 10.2. The molecule has 1 N–H and O–H groups in total. The molecule has 0 aliphatic carbocycles. The lowest BCUT2D eigenvalue weighted by Crippen LogP contribution is -2.48. The van der Waals surface area contributed by atoms with Crippen molar-refractivity contribution in [1.82, 2.24) is 24.2 Å². The van der Waals surface area contributed by atoms with E-state index in [-0.39, 0.29) is 11.7 Å². The number of hydrogen-bond donors (Lipinski definition) is 1. The van der Waals surface area contributed by atoms with Gasteiger partial charge in [0, 0.05) is 54.3 Å². The number of piperazine rings is 1. The van der Waals surface area contributed by atoms with Gasteiger partial charge in [-0.05, 0) is 58.9 Å². The van der Waals surface area contributed by atoms with Crippen molar-refractivity contribution < 1.29 is 13.9 Å². The van der Waals surface area contributed by atoms with Crippen molar-refractivity contribution in [3.05, 3.63) is 70.8 Å². The largest absolute Gasteiger partial charge is 0.494 e. The summed E-state index contributed by atoms with van der Waals surface area (Å²) >= 11 is 3.57. The Morgan fingerprint density at radius 2 is 1.94 bits per heavy atom. The predicted octanol–water partition coefficient (Wildman–Crippen LogP) is 4.83. The number of carbonyl (C=O) groups is 1. The molecule has 0 spiro atoms. The molecule has 0 unspecified atom stereocenters. The highest BCUT2D eigenvalue weighted by Crippen LogP contribution is 2.30. The quantitative estimate of drug-likeness (QED) is 0.369. The van der Waals surface area contributed by atoms with Gasteiger partial charge in [0.05, 0.1) is 24.6 Å². The van der Waals surface area contributed by atoms with Crippen molar-refractivity contribution in [2.24, 2.45) is 0 Å². The van der Waals surface area contributed by atoms with Gasteiger partial charge in [-0.2, -0.15) is 0 Å². The summed E-state index contributed by atoms with van der Waals surface area (Å²) in [6, 6.07) is 10.3. The number of fused-ring (bicyclic) bond motifs is 1. The van der Waals surface area contributed by atoms with Crippen LogP contribution in [0.3, 0.4) is 0 Å². The number of likely N-dealkylation sites (N-methyl/N-ethyl adjacent to an activating group) is 1. The number of nitrogens with zero attached hydrogens (tertiary/aromatic N) is 5. The van der Waals surface area contributed by atoms with Crippen LogP contribution in [0, 0.1) is 5.82 Å². The SMILES string of the molecule is CCN1CCN(C(=O)c2ccc(Nc3nccn4c(-c5ccc(OC)c(F)c5)cnc34)cc2Br)CC1. The summed E-state index contributed by atoms with van der Waals surface area (Å²) in [4.78, 5) is 26.3. The predicted molar refractivity (Wildman–Crippen MR) is 140 cm³/mol. The maximum Gasteiger partial charge on any atom is 0.255 e. The number of aromatic nitrogens is 3. The number of benzene rings is 2. The minimum Gasteiger partial charge on any atom is -0.494 e. The fraction of sp³-hybridized carbons (Fsp3) is 0.269. The number of methoxy groups -OCH3 is 1. The van der Waals surface area contributed by atoms with Gasteiger partial charge in [0.15, 0.2) is 23.0 Å². The molecule has 2 aromatic carbocycles. The highest BCUT2D eigenvalue weighted by Gasteiger charge is 2.23. The van der Waals surface area contributed by atoms with Crippen molar-refractivity contribution >= 4 is 39.0 Å². The lowest BCUT2D eigenvalue weighted by atomic mass is 10.1. The van der Waals surface area contributed by atoms with Crippen LogP contribution in [0.4, 0.5) is 15.9 Å². The molecule has 2 aromatic heterocycles. The number of carbonyl (C=O) groups excluding carboxylic acids is 1. The molecular weight excluding hydrogens is 527 g/mol. The van der Waals surface area contributed by atoms with Gasteiger partial charge in [0.2, 0.25) is 0 Å². The average molecular weight is 553 g/mol. The number of hydrogen-bond acceptors (Lipinski definition) is 6. The fourth-order valence-corrected chi connectivity index (χ4v) is 4.94. The smallest absolute Gasteiger partial charge is 0.255 e. The monoisotopic (exact) mass is 552 g/mol. The molecule has 8 nitrogen and oxygen atoms in total. The lowest BCUT2D eigenvalue weighted by molar-refractivity contribution is 0.0642. The molecule has 1 fully saturated rings. The summed E-state index contributed by atoms with van der Waals surface area (Å²) in [5, 5.41) is 3.29. The van der Waals surface area contributed by atoms with Gasteiger partial charge >= 0.3 is 0 Å². The van der Waals surface area contributed by atoms with Crippen LogP contribution in [0.15, 0.2) is 59.5 Å². The molecule has 10 heteroatoms. The number of amides is 1. The maximum absolute atomic E-state index is 14.3. The number of anilines is 2. The van der Waals surface area contributed by atoms with Crippen LogP contribution in [0.5, 0.6) is 5.75 Å². The Kier molecular flexibility index (Phi) is 6.88. The molecule has 4 aromatic rings. The van der Waals surface area contributed by atoms with Gasteiger partial charge < -0.3 is 19.9 Å². The second-order valence-electron chi connectivity index (χ2n) is 8.51. The number of imidazole rings is 1. The first-order valence-electron chi connectivity index (χ1n) is 11.7. The van der Waals surface area contributed by atoms with Crippen LogP contribution in [0.1, 0.15) is 17.3 Å². The molecule has 1 amide bonds. The minimum atomic E-state index is -0.441. The van der Waals surface area contributed by atoms with E-state index in [1.54, 1.807) is 30.7 Å². The Balaban J connectivity index is 1.37. The van der Waals surface area contributed by atoms with E-state index in [1.807, 2.05) is 27.5 Å². The summed E-state index contributed by atoms with van der Waals surface area (Å²) in [5.74, 6) is 0.310. The van der Waals surface area contributed by atoms with Crippen LogP contribution >= 0.6 is 15.9 Å². The zero-order valence-electron chi connectivity index (χ0n) is 20.0. The highest BCUT2D eigenvalue weighted by molar-refractivity contribution is 9.10. The topological polar surface area (TPSA) is 75.0 Å². The van der Waals surface area contributed by atoms with E-state index in [9.17, 15) is 9.18 Å². The minimum absolute atomic E-state index is 0.0222. The molecule has 1 aliphatic heterocycles. The van der Waals surface area contributed by atoms with Crippen molar-refractivity contribution in [3.8, 4) is 17.0 Å². The molecule has 1 aliphatic rings. The second-order valence-corrected chi connectivity index (χ2v) is 9.36. The number of rotatable bonds is 6. The van der Waals surface area contributed by atoms with Crippen LogP contribution in [-0.2, 0) is 0 Å². The summed E-state index contributed by atoms with van der Waals surface area (Å²) in [7, 11) is 1.43. The zero-order valence-corrected chi connectivity index (χ0v) is 21.6. The van der Waals surface area contributed by atoms with Crippen molar-refractivity contribution in [2.75, 3.05) is 45.2 Å². The van der Waals surface area contributed by atoms with E-state index in [1.165, 1.54) is 13.2 Å². The van der Waals surface area contributed by atoms with Gasteiger partial charge in [-0.25, -0.2) is 14.4 Å². The van der Waals surface area contributed by atoms with Gasteiger partial charge in [-0.1, -0.05) is 6.92 Å². The molecule has 36 heavy (non-hydrogen) atoms. The number of halogens is 2. The van der Waals surface area contributed by atoms with E-state index in [0.29, 0.717) is 27.1 Å². The molecule has 0 radical (unpaired) electrons. The highest BCUT2D eigenvalue weighted by atomic mass is 79.9. The Labute approximate surface area is 216 Å². The summed E-state index contributed by atoms with van der Waals surface area (Å²) < 4.78 is 21.9. The zero-order chi connectivity index (χ0) is 25.2. The Hall–Kier alpha value is -3.50.